The number of methoxy groups -OCH3 is 1. The fourth-order valence-electron chi connectivity index (χ4n) is 3.01. The van der Waals surface area contributed by atoms with Crippen LogP contribution in [0, 0.1) is 0 Å². The van der Waals surface area contributed by atoms with Crippen LogP contribution in [0.25, 0.3) is 5.69 Å². The van der Waals surface area contributed by atoms with Gasteiger partial charge in [0.25, 0.3) is 0 Å². The largest absolute Gasteiger partial charge is 0.497 e. The number of carbonyl (C=O) groups is 1. The van der Waals surface area contributed by atoms with Gasteiger partial charge in [-0.15, -0.1) is 0 Å². The van der Waals surface area contributed by atoms with E-state index in [1.165, 1.54) is 0 Å². The van der Waals surface area contributed by atoms with E-state index in [0.717, 1.165) is 22.7 Å². The first kappa shape index (κ1) is 14.4. The number of carbonyl (C=O) groups excluding carboxylic acids is 1. The lowest BCUT2D eigenvalue weighted by atomic mass is 9.90. The summed E-state index contributed by atoms with van der Waals surface area (Å²) in [6.45, 7) is 0. The molecule has 24 heavy (non-hydrogen) atoms. The van der Waals surface area contributed by atoms with E-state index >= 15 is 0 Å². The number of hydrogen-bond donors (Lipinski definition) is 1. The van der Waals surface area contributed by atoms with Crippen LogP contribution in [-0.4, -0.2) is 27.6 Å². The molecule has 1 aromatic carbocycles. The van der Waals surface area contributed by atoms with Gasteiger partial charge in [0.05, 0.1) is 24.7 Å². The van der Waals surface area contributed by atoms with Crippen LogP contribution in [0.1, 0.15) is 23.6 Å². The van der Waals surface area contributed by atoms with Crippen molar-refractivity contribution in [2.24, 2.45) is 0 Å². The maximum Gasteiger partial charge on any atom is 0.226 e. The average Bonchev–Trinajstić information content (AvgIpc) is 3.05. The van der Waals surface area contributed by atoms with Crippen molar-refractivity contribution >= 4 is 11.7 Å². The van der Waals surface area contributed by atoms with Crippen LogP contribution in [0.2, 0.25) is 0 Å². The Balaban J connectivity index is 1.78. The number of nitrogens with one attached hydrogen (secondary N) is 1. The van der Waals surface area contributed by atoms with E-state index in [4.69, 9.17) is 4.74 Å². The van der Waals surface area contributed by atoms with Gasteiger partial charge in [0.15, 0.2) is 0 Å². The van der Waals surface area contributed by atoms with Crippen LogP contribution < -0.4 is 10.1 Å². The standard InChI is InChI=1S/C18H16N4O2/c1-24-14-6-4-12(5-7-14)15-9-16(23)21-18-17(15)20-11-22(18)13-3-2-8-19-10-13/h2-8,10-11,15H,9H2,1H3,(H,21,23). The first-order valence-electron chi connectivity index (χ1n) is 7.67. The quantitative estimate of drug-likeness (QED) is 0.805. The molecule has 0 spiro atoms. The van der Waals surface area contributed by atoms with Crippen molar-refractivity contribution in [1.29, 1.82) is 0 Å². The zero-order valence-electron chi connectivity index (χ0n) is 13.1. The molecule has 0 fully saturated rings. The van der Waals surface area contributed by atoms with Crippen LogP contribution in [-0.2, 0) is 4.79 Å². The molecule has 2 aromatic heterocycles. The van der Waals surface area contributed by atoms with Crippen molar-refractivity contribution in [3.63, 3.8) is 0 Å². The average molecular weight is 320 g/mol. The van der Waals surface area contributed by atoms with Crippen LogP contribution in [0.15, 0.2) is 55.1 Å². The van der Waals surface area contributed by atoms with Crippen molar-refractivity contribution < 1.29 is 9.53 Å². The fourth-order valence-corrected chi connectivity index (χ4v) is 3.01. The third-order valence-corrected chi connectivity index (χ3v) is 4.22. The smallest absolute Gasteiger partial charge is 0.226 e. The van der Waals surface area contributed by atoms with Crippen molar-refractivity contribution in [3.05, 3.63) is 66.4 Å². The number of aromatic nitrogens is 3. The first-order chi connectivity index (χ1) is 11.8. The molecule has 1 aliphatic rings. The Hall–Kier alpha value is -3.15. The third-order valence-electron chi connectivity index (χ3n) is 4.22. The Morgan fingerprint density at radius 2 is 2.08 bits per heavy atom. The monoisotopic (exact) mass is 320 g/mol. The molecular weight excluding hydrogens is 304 g/mol. The van der Waals surface area contributed by atoms with Crippen molar-refractivity contribution in [1.82, 2.24) is 14.5 Å². The number of amides is 1. The normalized spacial score (nSPS) is 16.4. The van der Waals surface area contributed by atoms with Gasteiger partial charge in [-0.25, -0.2) is 4.98 Å². The molecule has 0 bridgehead atoms. The molecule has 3 heterocycles. The van der Waals surface area contributed by atoms with E-state index < -0.39 is 0 Å². The summed E-state index contributed by atoms with van der Waals surface area (Å²) < 4.78 is 7.06. The SMILES string of the molecule is COc1ccc(C2CC(=O)Nc3c2ncn3-c2cccnc2)cc1. The van der Waals surface area contributed by atoms with Crippen LogP contribution in [0.3, 0.4) is 0 Å². The minimum Gasteiger partial charge on any atom is -0.497 e. The topological polar surface area (TPSA) is 69.0 Å². The predicted octanol–water partition coefficient (Wildman–Crippen LogP) is 2.75. The number of anilines is 1. The molecule has 120 valence electrons. The van der Waals surface area contributed by atoms with Crippen molar-refractivity contribution in [3.8, 4) is 11.4 Å². The molecule has 1 unspecified atom stereocenters. The molecule has 0 aliphatic carbocycles. The second-order valence-corrected chi connectivity index (χ2v) is 5.64. The number of rotatable bonds is 3. The highest BCUT2D eigenvalue weighted by Crippen LogP contribution is 2.37. The molecule has 1 N–H and O–H groups in total. The summed E-state index contributed by atoms with van der Waals surface area (Å²) in [6.07, 6.45) is 5.56. The van der Waals surface area contributed by atoms with E-state index in [1.807, 2.05) is 41.0 Å². The van der Waals surface area contributed by atoms with Crippen molar-refractivity contribution in [2.75, 3.05) is 12.4 Å². The van der Waals surface area contributed by atoms with E-state index in [2.05, 4.69) is 15.3 Å². The van der Waals surface area contributed by atoms with Crippen LogP contribution in [0.5, 0.6) is 5.75 Å². The molecule has 6 heteroatoms. The van der Waals surface area contributed by atoms with Gasteiger partial charge in [-0.05, 0) is 29.8 Å². The van der Waals surface area contributed by atoms with Gasteiger partial charge in [0.2, 0.25) is 5.91 Å². The highest BCUT2D eigenvalue weighted by molar-refractivity contribution is 5.94. The highest BCUT2D eigenvalue weighted by atomic mass is 16.5. The first-order valence-corrected chi connectivity index (χ1v) is 7.67. The summed E-state index contributed by atoms with van der Waals surface area (Å²) in [5.74, 6) is 1.41. The third kappa shape index (κ3) is 2.42. The fraction of sp³-hybridized carbons (Fsp3) is 0.167. The Bertz CT molecular complexity index is 872. The maximum atomic E-state index is 12.2. The Morgan fingerprint density at radius 3 is 2.79 bits per heavy atom. The van der Waals surface area contributed by atoms with E-state index in [9.17, 15) is 4.79 Å². The number of hydrogen-bond acceptors (Lipinski definition) is 4. The predicted molar refractivity (Wildman–Crippen MR) is 89.4 cm³/mol. The van der Waals surface area contributed by atoms with Gasteiger partial charge in [-0.1, -0.05) is 12.1 Å². The summed E-state index contributed by atoms with van der Waals surface area (Å²) in [5.41, 5.74) is 2.77. The van der Waals surface area contributed by atoms with Gasteiger partial charge in [-0.3, -0.25) is 14.3 Å². The summed E-state index contributed by atoms with van der Waals surface area (Å²) in [5, 5.41) is 2.94. The molecule has 1 atom stereocenters. The zero-order valence-corrected chi connectivity index (χ0v) is 13.1. The minimum absolute atomic E-state index is 0.0195. The summed E-state index contributed by atoms with van der Waals surface area (Å²) in [6, 6.07) is 11.6. The summed E-state index contributed by atoms with van der Waals surface area (Å²) >= 11 is 0. The van der Waals surface area contributed by atoms with E-state index in [0.29, 0.717) is 12.2 Å². The second-order valence-electron chi connectivity index (χ2n) is 5.64. The lowest BCUT2D eigenvalue weighted by Gasteiger charge is -2.23. The molecule has 0 radical (unpaired) electrons. The molecule has 0 saturated heterocycles. The van der Waals surface area contributed by atoms with Gasteiger partial charge >= 0.3 is 0 Å². The lowest BCUT2D eigenvalue weighted by molar-refractivity contribution is -0.116. The number of imidazole rings is 1. The Morgan fingerprint density at radius 1 is 1.25 bits per heavy atom. The lowest BCUT2D eigenvalue weighted by Crippen LogP contribution is -2.24. The Labute approximate surface area is 139 Å². The molecular formula is C18H16N4O2. The summed E-state index contributed by atoms with van der Waals surface area (Å²) in [4.78, 5) is 20.9. The van der Waals surface area contributed by atoms with Crippen LogP contribution in [0.4, 0.5) is 5.82 Å². The molecule has 1 amide bonds. The van der Waals surface area contributed by atoms with E-state index in [1.54, 1.807) is 25.8 Å². The molecule has 1 aliphatic heterocycles. The van der Waals surface area contributed by atoms with Gasteiger partial charge < -0.3 is 10.1 Å². The number of ether oxygens (including phenoxy) is 1. The molecule has 4 rings (SSSR count). The van der Waals surface area contributed by atoms with Crippen molar-refractivity contribution in [2.45, 2.75) is 12.3 Å². The van der Waals surface area contributed by atoms with Gasteiger partial charge in [0.1, 0.15) is 17.9 Å². The zero-order chi connectivity index (χ0) is 16.5. The highest BCUT2D eigenvalue weighted by Gasteiger charge is 2.30. The van der Waals surface area contributed by atoms with Gasteiger partial charge in [0, 0.05) is 18.5 Å². The minimum atomic E-state index is -0.0717. The maximum absolute atomic E-state index is 12.2. The molecule has 6 nitrogen and oxygen atoms in total. The number of benzene rings is 1. The molecule has 3 aromatic rings. The number of nitrogens with zero attached hydrogens (tertiary/aromatic N) is 3. The van der Waals surface area contributed by atoms with Crippen LogP contribution >= 0.6 is 0 Å². The molecule has 0 saturated carbocycles. The second kappa shape index (κ2) is 5.81. The number of fused-ring (bicyclic) bond motifs is 1. The van der Waals surface area contributed by atoms with E-state index in [-0.39, 0.29) is 11.8 Å². The Kier molecular flexibility index (Phi) is 3.49. The number of pyridine rings is 1. The van der Waals surface area contributed by atoms with Gasteiger partial charge in [-0.2, -0.15) is 0 Å². The summed E-state index contributed by atoms with van der Waals surface area (Å²) in [7, 11) is 1.64.